The zero-order chi connectivity index (χ0) is 21.2. The Labute approximate surface area is 164 Å². The van der Waals surface area contributed by atoms with Gasteiger partial charge in [-0.15, -0.1) is 5.10 Å². The third-order valence-corrected chi connectivity index (χ3v) is 4.18. The molecule has 7 nitrogen and oxygen atoms in total. The maximum absolute atomic E-state index is 13.2. The predicted octanol–water partition coefficient (Wildman–Crippen LogP) is 2.77. The lowest BCUT2D eigenvalue weighted by Gasteiger charge is -2.14. The number of tetrazole rings is 1. The van der Waals surface area contributed by atoms with Crippen molar-refractivity contribution in [1.82, 2.24) is 25.5 Å². The zero-order valence-electron chi connectivity index (χ0n) is 15.6. The number of aryl methyl sites for hydroxylation is 1. The van der Waals surface area contributed by atoms with Gasteiger partial charge in [-0.1, -0.05) is 29.8 Å². The first-order valence-electron chi connectivity index (χ1n) is 8.69. The Morgan fingerprint density at radius 1 is 1.17 bits per heavy atom. The summed E-state index contributed by atoms with van der Waals surface area (Å²) in [6.07, 6.45) is -4.77. The lowest BCUT2D eigenvalue weighted by atomic mass is 10.0. The summed E-state index contributed by atoms with van der Waals surface area (Å²) >= 11 is 0. The molecule has 1 heterocycles. The molecule has 0 radical (unpaired) electrons. The summed E-state index contributed by atoms with van der Waals surface area (Å²) in [5.41, 5.74) is 2.35. The number of carbonyl (C=O) groups excluding carboxylic acids is 1. The molecule has 29 heavy (non-hydrogen) atoms. The number of nitrogens with one attached hydrogen (secondary N) is 1. The van der Waals surface area contributed by atoms with E-state index in [9.17, 15) is 18.0 Å². The molecule has 0 bridgehead atoms. The van der Waals surface area contributed by atoms with Gasteiger partial charge in [0, 0.05) is 11.6 Å². The summed E-state index contributed by atoms with van der Waals surface area (Å²) < 4.78 is 40.3. The molecule has 0 unspecified atom stereocenters. The fraction of sp³-hybridized carbons (Fsp3) is 0.263. The quantitative estimate of drug-likeness (QED) is 0.681. The molecule has 3 aromatic rings. The van der Waals surface area contributed by atoms with E-state index in [2.05, 4.69) is 20.8 Å². The molecule has 0 saturated carbocycles. The van der Waals surface area contributed by atoms with E-state index in [4.69, 9.17) is 5.11 Å². The molecule has 2 N–H and O–H groups in total. The first kappa shape index (κ1) is 20.5. The molecule has 152 valence electrons. The molecule has 0 fully saturated rings. The minimum Gasteiger partial charge on any atom is -0.394 e. The van der Waals surface area contributed by atoms with Gasteiger partial charge in [0.2, 0.25) is 0 Å². The van der Waals surface area contributed by atoms with Crippen molar-refractivity contribution >= 4 is 5.91 Å². The van der Waals surface area contributed by atoms with E-state index >= 15 is 0 Å². The monoisotopic (exact) mass is 405 g/mol. The number of carbonyl (C=O) groups is 1. The zero-order valence-corrected chi connectivity index (χ0v) is 15.6. The Morgan fingerprint density at radius 3 is 2.48 bits per heavy atom. The molecule has 0 aliphatic carbocycles. The number of hydrogen-bond acceptors (Lipinski definition) is 5. The molecule has 1 atom stereocenters. The van der Waals surface area contributed by atoms with Gasteiger partial charge in [-0.3, -0.25) is 4.79 Å². The molecule has 10 heteroatoms. The number of aromatic nitrogens is 4. The highest BCUT2D eigenvalue weighted by molar-refractivity contribution is 5.96. The van der Waals surface area contributed by atoms with Crippen LogP contribution < -0.4 is 5.32 Å². The minimum absolute atomic E-state index is 0.0119. The van der Waals surface area contributed by atoms with E-state index in [0.717, 1.165) is 5.56 Å². The van der Waals surface area contributed by atoms with Crippen LogP contribution in [-0.4, -0.2) is 43.9 Å². The SMILES string of the molecule is Cc1ccc(-c2cc(C(=O)N[C@@H](C)CO)cc(-n3nnnc3C(F)(F)F)c2)cc1. The van der Waals surface area contributed by atoms with Crippen LogP contribution in [0, 0.1) is 6.92 Å². The number of hydrogen-bond donors (Lipinski definition) is 2. The van der Waals surface area contributed by atoms with Crippen molar-refractivity contribution in [2.75, 3.05) is 6.61 Å². The fourth-order valence-corrected chi connectivity index (χ4v) is 2.67. The summed E-state index contributed by atoms with van der Waals surface area (Å²) in [5, 5.41) is 21.4. The third-order valence-electron chi connectivity index (χ3n) is 4.18. The highest BCUT2D eigenvalue weighted by Gasteiger charge is 2.38. The van der Waals surface area contributed by atoms with Gasteiger partial charge in [0.25, 0.3) is 11.7 Å². The number of aliphatic hydroxyl groups excluding tert-OH is 1. The van der Waals surface area contributed by atoms with E-state index in [1.165, 1.54) is 12.1 Å². The van der Waals surface area contributed by atoms with E-state index in [0.29, 0.717) is 15.8 Å². The Kier molecular flexibility index (Phi) is 5.64. The van der Waals surface area contributed by atoms with E-state index in [-0.39, 0.29) is 17.9 Å². The van der Waals surface area contributed by atoms with Crippen LogP contribution in [0.1, 0.15) is 28.7 Å². The average molecular weight is 405 g/mol. The van der Waals surface area contributed by atoms with Gasteiger partial charge in [-0.25, -0.2) is 0 Å². The average Bonchev–Trinajstić information content (AvgIpc) is 3.18. The van der Waals surface area contributed by atoms with Crippen LogP contribution in [-0.2, 0) is 6.18 Å². The Balaban J connectivity index is 2.14. The Bertz CT molecular complexity index is 1020. The van der Waals surface area contributed by atoms with Gasteiger partial charge in [-0.2, -0.15) is 17.9 Å². The van der Waals surface area contributed by atoms with Gasteiger partial charge >= 0.3 is 6.18 Å². The normalized spacial score (nSPS) is 12.6. The van der Waals surface area contributed by atoms with Crippen LogP contribution in [0.15, 0.2) is 42.5 Å². The van der Waals surface area contributed by atoms with Crippen molar-refractivity contribution in [2.24, 2.45) is 0 Å². The van der Waals surface area contributed by atoms with Crippen molar-refractivity contribution in [3.05, 3.63) is 59.4 Å². The summed E-state index contributed by atoms with van der Waals surface area (Å²) in [4.78, 5) is 12.5. The van der Waals surface area contributed by atoms with Gasteiger partial charge < -0.3 is 10.4 Å². The second-order valence-electron chi connectivity index (χ2n) is 6.60. The minimum atomic E-state index is -4.77. The van der Waals surface area contributed by atoms with Crippen LogP contribution in [0.3, 0.4) is 0 Å². The van der Waals surface area contributed by atoms with Crippen LogP contribution in [0.4, 0.5) is 13.2 Å². The second-order valence-corrected chi connectivity index (χ2v) is 6.60. The molecule has 0 aliphatic rings. The van der Waals surface area contributed by atoms with E-state index < -0.39 is 23.9 Å². The number of aliphatic hydroxyl groups is 1. The molecule has 0 aliphatic heterocycles. The number of amides is 1. The Hall–Kier alpha value is -3.27. The maximum Gasteiger partial charge on any atom is 0.453 e. The summed E-state index contributed by atoms with van der Waals surface area (Å²) in [7, 11) is 0. The molecule has 0 saturated heterocycles. The molecule has 1 aromatic heterocycles. The molecular formula is C19H18F3N5O2. The summed E-state index contributed by atoms with van der Waals surface area (Å²) in [6.45, 7) is 3.24. The number of rotatable bonds is 5. The van der Waals surface area contributed by atoms with Crippen molar-refractivity contribution in [3.8, 4) is 16.8 Å². The maximum atomic E-state index is 13.2. The molecule has 0 spiro atoms. The summed E-state index contributed by atoms with van der Waals surface area (Å²) in [6, 6.07) is 11.1. The third kappa shape index (κ3) is 4.60. The highest BCUT2D eigenvalue weighted by Crippen LogP contribution is 2.30. The van der Waals surface area contributed by atoms with Crippen molar-refractivity contribution in [3.63, 3.8) is 0 Å². The van der Waals surface area contributed by atoms with Crippen molar-refractivity contribution in [2.45, 2.75) is 26.1 Å². The van der Waals surface area contributed by atoms with Crippen molar-refractivity contribution in [1.29, 1.82) is 0 Å². The topological polar surface area (TPSA) is 92.9 Å². The van der Waals surface area contributed by atoms with Crippen LogP contribution in [0.25, 0.3) is 16.8 Å². The molecule has 1 amide bonds. The number of nitrogens with zero attached hydrogens (tertiary/aromatic N) is 4. The lowest BCUT2D eigenvalue weighted by Crippen LogP contribution is -2.35. The van der Waals surface area contributed by atoms with Crippen molar-refractivity contribution < 1.29 is 23.1 Å². The Morgan fingerprint density at radius 2 is 1.86 bits per heavy atom. The first-order valence-corrected chi connectivity index (χ1v) is 8.69. The van der Waals surface area contributed by atoms with E-state index in [1.54, 1.807) is 25.1 Å². The van der Waals surface area contributed by atoms with Gasteiger partial charge in [0.15, 0.2) is 0 Å². The number of alkyl halides is 3. The number of benzene rings is 2. The molecule has 3 rings (SSSR count). The molecular weight excluding hydrogens is 387 g/mol. The highest BCUT2D eigenvalue weighted by atomic mass is 19.4. The molecule has 2 aromatic carbocycles. The van der Waals surface area contributed by atoms with Gasteiger partial charge in [-0.05, 0) is 53.6 Å². The largest absolute Gasteiger partial charge is 0.453 e. The lowest BCUT2D eigenvalue weighted by molar-refractivity contribution is -0.146. The second kappa shape index (κ2) is 8.00. The predicted molar refractivity (Wildman–Crippen MR) is 98.3 cm³/mol. The van der Waals surface area contributed by atoms with Crippen LogP contribution in [0.5, 0.6) is 0 Å². The van der Waals surface area contributed by atoms with Crippen LogP contribution >= 0.6 is 0 Å². The number of halogens is 3. The van der Waals surface area contributed by atoms with E-state index in [1.807, 2.05) is 19.1 Å². The summed E-state index contributed by atoms with van der Waals surface area (Å²) in [5.74, 6) is -1.84. The smallest absolute Gasteiger partial charge is 0.394 e. The standard InChI is InChI=1S/C19H18F3N5O2/c1-11-3-5-13(6-4-11)14-7-15(17(29)23-12(2)10-28)9-16(8-14)27-18(19(20,21)22)24-25-26-27/h3-9,12,28H,10H2,1-2H3,(H,23,29)/t12-/m0/s1. The van der Waals surface area contributed by atoms with Crippen LogP contribution in [0.2, 0.25) is 0 Å². The first-order chi connectivity index (χ1) is 13.7. The fourth-order valence-electron chi connectivity index (χ4n) is 2.67. The van der Waals surface area contributed by atoms with Gasteiger partial charge in [0.05, 0.1) is 12.3 Å². The van der Waals surface area contributed by atoms with Gasteiger partial charge in [0.1, 0.15) is 0 Å².